The average molecular weight is 330 g/mol. The van der Waals surface area contributed by atoms with Gasteiger partial charge in [-0.1, -0.05) is 31.5 Å². The Balaban J connectivity index is 2.78. The molecule has 0 aliphatic carbocycles. The zero-order chi connectivity index (χ0) is 17.7. The third-order valence-corrected chi connectivity index (χ3v) is 4.28. The van der Waals surface area contributed by atoms with Crippen molar-refractivity contribution in [1.82, 2.24) is 4.57 Å². The first-order valence-electron chi connectivity index (χ1n) is 8.32. The minimum atomic E-state index is -0.437. The number of rotatable bonds is 8. The fourth-order valence-electron chi connectivity index (χ4n) is 3.27. The van der Waals surface area contributed by atoms with Crippen molar-refractivity contribution in [3.63, 3.8) is 0 Å². The summed E-state index contributed by atoms with van der Waals surface area (Å²) in [5, 5.41) is 9.20. The SMILES string of the molecule is CCCc1c(-c2ccccc2OC)c(C(N)=O)c(C)n1CCCO. The van der Waals surface area contributed by atoms with E-state index in [9.17, 15) is 9.90 Å². The minimum absolute atomic E-state index is 0.110. The fraction of sp³-hybridized carbons (Fsp3) is 0.421. The predicted molar refractivity (Wildman–Crippen MR) is 95.4 cm³/mol. The van der Waals surface area contributed by atoms with Crippen LogP contribution in [0.5, 0.6) is 5.75 Å². The van der Waals surface area contributed by atoms with Crippen molar-refractivity contribution in [2.75, 3.05) is 13.7 Å². The number of nitrogens with zero attached hydrogens (tertiary/aromatic N) is 1. The zero-order valence-corrected chi connectivity index (χ0v) is 14.6. The summed E-state index contributed by atoms with van der Waals surface area (Å²) in [5.41, 5.74) is 9.91. The van der Waals surface area contributed by atoms with Gasteiger partial charge in [0.2, 0.25) is 0 Å². The van der Waals surface area contributed by atoms with Crippen LogP contribution < -0.4 is 10.5 Å². The van der Waals surface area contributed by atoms with Gasteiger partial charge in [0.25, 0.3) is 5.91 Å². The van der Waals surface area contributed by atoms with Crippen LogP contribution in [0.25, 0.3) is 11.1 Å². The number of carbonyl (C=O) groups excluding carboxylic acids is 1. The second-order valence-electron chi connectivity index (χ2n) is 5.83. The van der Waals surface area contributed by atoms with Gasteiger partial charge in [0.05, 0.1) is 12.7 Å². The smallest absolute Gasteiger partial charge is 0.251 e. The van der Waals surface area contributed by atoms with Gasteiger partial charge in [-0.05, 0) is 25.8 Å². The molecule has 5 nitrogen and oxygen atoms in total. The predicted octanol–water partition coefficient (Wildman–Crippen LogP) is 2.91. The number of hydrogen-bond acceptors (Lipinski definition) is 3. The van der Waals surface area contributed by atoms with Crippen LogP contribution in [-0.4, -0.2) is 29.3 Å². The van der Waals surface area contributed by atoms with E-state index in [1.54, 1.807) is 7.11 Å². The first-order valence-corrected chi connectivity index (χ1v) is 8.32. The number of para-hydroxylation sites is 1. The Kier molecular flexibility index (Phi) is 6.04. The second-order valence-corrected chi connectivity index (χ2v) is 5.83. The van der Waals surface area contributed by atoms with Crippen LogP contribution in [0.2, 0.25) is 0 Å². The molecule has 1 aromatic carbocycles. The molecule has 0 aliphatic heterocycles. The summed E-state index contributed by atoms with van der Waals surface area (Å²) >= 11 is 0. The fourth-order valence-corrected chi connectivity index (χ4v) is 3.27. The molecular formula is C19H26N2O3. The number of ether oxygens (including phenoxy) is 1. The summed E-state index contributed by atoms with van der Waals surface area (Å²) in [6.45, 7) is 4.79. The maximum absolute atomic E-state index is 12.2. The second kappa shape index (κ2) is 8.02. The molecule has 0 saturated carbocycles. The van der Waals surface area contributed by atoms with Crippen LogP contribution >= 0.6 is 0 Å². The molecule has 2 rings (SSSR count). The number of aliphatic hydroxyl groups is 1. The lowest BCUT2D eigenvalue weighted by Crippen LogP contribution is -2.13. The first-order chi connectivity index (χ1) is 11.6. The van der Waals surface area contributed by atoms with Gasteiger partial charge < -0.3 is 20.1 Å². The van der Waals surface area contributed by atoms with Gasteiger partial charge in [-0.3, -0.25) is 4.79 Å². The van der Waals surface area contributed by atoms with Gasteiger partial charge in [-0.2, -0.15) is 0 Å². The highest BCUT2D eigenvalue weighted by molar-refractivity contribution is 6.03. The zero-order valence-electron chi connectivity index (χ0n) is 14.6. The lowest BCUT2D eigenvalue weighted by atomic mass is 9.97. The van der Waals surface area contributed by atoms with Crippen molar-refractivity contribution in [2.45, 2.75) is 39.7 Å². The summed E-state index contributed by atoms with van der Waals surface area (Å²) in [7, 11) is 1.62. The maximum atomic E-state index is 12.2. The highest BCUT2D eigenvalue weighted by Gasteiger charge is 2.25. The Morgan fingerprint density at radius 3 is 2.62 bits per heavy atom. The van der Waals surface area contributed by atoms with Crippen molar-refractivity contribution in [2.24, 2.45) is 5.73 Å². The van der Waals surface area contributed by atoms with Crippen molar-refractivity contribution < 1.29 is 14.6 Å². The van der Waals surface area contributed by atoms with Gasteiger partial charge in [0.15, 0.2) is 0 Å². The topological polar surface area (TPSA) is 77.5 Å². The summed E-state index contributed by atoms with van der Waals surface area (Å²) in [5.74, 6) is 0.283. The molecule has 24 heavy (non-hydrogen) atoms. The summed E-state index contributed by atoms with van der Waals surface area (Å²) in [6, 6.07) is 7.67. The van der Waals surface area contributed by atoms with Crippen LogP contribution in [0.1, 0.15) is 41.5 Å². The molecule has 0 fully saturated rings. The van der Waals surface area contributed by atoms with E-state index in [0.717, 1.165) is 41.1 Å². The van der Waals surface area contributed by atoms with Gasteiger partial charge in [-0.25, -0.2) is 0 Å². The Morgan fingerprint density at radius 1 is 1.33 bits per heavy atom. The minimum Gasteiger partial charge on any atom is -0.496 e. The number of methoxy groups -OCH3 is 1. The molecule has 0 bridgehead atoms. The number of carbonyl (C=O) groups is 1. The Hall–Kier alpha value is -2.27. The van der Waals surface area contributed by atoms with Crippen LogP contribution in [0, 0.1) is 6.92 Å². The number of primary amides is 1. The molecule has 1 aromatic heterocycles. The van der Waals surface area contributed by atoms with E-state index in [1.807, 2.05) is 31.2 Å². The molecule has 0 atom stereocenters. The maximum Gasteiger partial charge on any atom is 0.251 e. The van der Waals surface area contributed by atoms with E-state index >= 15 is 0 Å². The largest absolute Gasteiger partial charge is 0.496 e. The molecule has 130 valence electrons. The molecule has 1 heterocycles. The molecule has 1 amide bonds. The van der Waals surface area contributed by atoms with E-state index in [4.69, 9.17) is 10.5 Å². The quantitative estimate of drug-likeness (QED) is 0.781. The van der Waals surface area contributed by atoms with Crippen LogP contribution in [-0.2, 0) is 13.0 Å². The lowest BCUT2D eigenvalue weighted by molar-refractivity contribution is 0.1000. The van der Waals surface area contributed by atoms with Crippen LogP contribution in [0.4, 0.5) is 0 Å². The monoisotopic (exact) mass is 330 g/mol. The van der Waals surface area contributed by atoms with E-state index in [-0.39, 0.29) is 6.61 Å². The van der Waals surface area contributed by atoms with Gasteiger partial charge >= 0.3 is 0 Å². The van der Waals surface area contributed by atoms with Crippen molar-refractivity contribution in [3.8, 4) is 16.9 Å². The van der Waals surface area contributed by atoms with Crippen LogP contribution in [0.3, 0.4) is 0 Å². The van der Waals surface area contributed by atoms with E-state index in [2.05, 4.69) is 11.5 Å². The van der Waals surface area contributed by atoms with E-state index in [1.165, 1.54) is 0 Å². The highest BCUT2D eigenvalue weighted by Crippen LogP contribution is 2.38. The van der Waals surface area contributed by atoms with Gasteiger partial charge in [0, 0.05) is 35.7 Å². The van der Waals surface area contributed by atoms with E-state index in [0.29, 0.717) is 18.5 Å². The molecule has 0 unspecified atom stereocenters. The van der Waals surface area contributed by atoms with Crippen molar-refractivity contribution in [3.05, 3.63) is 41.2 Å². The van der Waals surface area contributed by atoms with Crippen LogP contribution in [0.15, 0.2) is 24.3 Å². The number of amides is 1. The number of nitrogens with two attached hydrogens (primary N) is 1. The molecule has 5 heteroatoms. The Morgan fingerprint density at radius 2 is 2.04 bits per heavy atom. The number of hydrogen-bond donors (Lipinski definition) is 2. The summed E-state index contributed by atoms with van der Waals surface area (Å²) < 4.78 is 7.61. The molecule has 0 aliphatic rings. The van der Waals surface area contributed by atoms with E-state index < -0.39 is 5.91 Å². The Bertz CT molecular complexity index is 720. The van der Waals surface area contributed by atoms with Crippen molar-refractivity contribution in [1.29, 1.82) is 0 Å². The number of aromatic nitrogens is 1. The molecular weight excluding hydrogens is 304 g/mol. The molecule has 0 spiro atoms. The third kappa shape index (κ3) is 3.31. The average Bonchev–Trinajstić information content (AvgIpc) is 2.85. The van der Waals surface area contributed by atoms with Gasteiger partial charge in [-0.15, -0.1) is 0 Å². The highest BCUT2D eigenvalue weighted by atomic mass is 16.5. The molecule has 3 N–H and O–H groups in total. The third-order valence-electron chi connectivity index (χ3n) is 4.28. The van der Waals surface area contributed by atoms with Gasteiger partial charge in [0.1, 0.15) is 5.75 Å². The summed E-state index contributed by atoms with van der Waals surface area (Å²) in [6.07, 6.45) is 2.41. The number of benzene rings is 1. The molecule has 2 aromatic rings. The standard InChI is InChI=1S/C19H26N2O3/c1-4-8-15-18(14-9-5-6-10-16(14)24-3)17(19(20)23)13(2)21(15)11-7-12-22/h5-6,9-10,22H,4,7-8,11-12H2,1-3H3,(H2,20,23). The van der Waals surface area contributed by atoms with Crippen molar-refractivity contribution >= 4 is 5.91 Å². The number of aliphatic hydroxyl groups excluding tert-OH is 1. The lowest BCUT2D eigenvalue weighted by Gasteiger charge is -2.13. The molecule has 0 saturated heterocycles. The Labute approximate surface area is 143 Å². The normalized spacial score (nSPS) is 10.8. The molecule has 0 radical (unpaired) electrons. The summed E-state index contributed by atoms with van der Waals surface area (Å²) in [4.78, 5) is 12.2. The first kappa shape index (κ1) is 18.1.